The first kappa shape index (κ1) is 16.2. The molecular formula is C12H10ClF2NO3S2. The van der Waals surface area contributed by atoms with Crippen molar-refractivity contribution in [2.75, 3.05) is 4.72 Å². The van der Waals surface area contributed by atoms with Crippen molar-refractivity contribution in [3.63, 3.8) is 0 Å². The topological polar surface area (TPSA) is 66.4 Å². The van der Waals surface area contributed by atoms with E-state index >= 15 is 0 Å². The number of rotatable bonds is 4. The lowest BCUT2D eigenvalue weighted by Gasteiger charge is -2.09. The molecule has 0 aliphatic carbocycles. The maximum absolute atomic E-state index is 13.6. The van der Waals surface area contributed by atoms with Gasteiger partial charge in [0.15, 0.2) is 5.82 Å². The summed E-state index contributed by atoms with van der Waals surface area (Å²) < 4.78 is 52.8. The third-order valence-electron chi connectivity index (χ3n) is 2.65. The zero-order valence-electron chi connectivity index (χ0n) is 10.7. The van der Waals surface area contributed by atoms with E-state index in [-0.39, 0.29) is 15.8 Å². The average molecular weight is 354 g/mol. The molecule has 2 aromatic rings. The molecule has 0 unspecified atom stereocenters. The normalized spacial score (nSPS) is 11.7. The molecule has 0 saturated heterocycles. The van der Waals surface area contributed by atoms with Crippen LogP contribution in [0.5, 0.6) is 0 Å². The summed E-state index contributed by atoms with van der Waals surface area (Å²) in [7, 11) is -4.07. The molecule has 1 aromatic heterocycles. The summed E-state index contributed by atoms with van der Waals surface area (Å²) in [6, 6.07) is 2.69. The molecule has 2 rings (SSSR count). The number of thiophene rings is 1. The second-order valence-electron chi connectivity index (χ2n) is 4.18. The van der Waals surface area contributed by atoms with Gasteiger partial charge in [-0.25, -0.2) is 17.2 Å². The Labute approximate surface area is 129 Å². The second-order valence-corrected chi connectivity index (χ2v) is 7.63. The second kappa shape index (κ2) is 5.88. The predicted molar refractivity (Wildman–Crippen MR) is 77.2 cm³/mol. The minimum atomic E-state index is -4.07. The minimum absolute atomic E-state index is 0.0937. The summed E-state index contributed by atoms with van der Waals surface area (Å²) in [5.41, 5.74) is 0.0863. The first-order valence-electron chi connectivity index (χ1n) is 5.62. The molecular weight excluding hydrogens is 344 g/mol. The Bertz CT molecular complexity index is 767. The van der Waals surface area contributed by atoms with Crippen LogP contribution >= 0.6 is 22.9 Å². The Morgan fingerprint density at radius 2 is 2.00 bits per heavy atom. The van der Waals surface area contributed by atoms with Crippen molar-refractivity contribution in [1.29, 1.82) is 0 Å². The molecule has 9 heteroatoms. The molecule has 0 saturated carbocycles. The van der Waals surface area contributed by atoms with Crippen molar-refractivity contribution >= 4 is 38.6 Å². The Morgan fingerprint density at radius 1 is 1.33 bits per heavy atom. The van der Waals surface area contributed by atoms with Crippen LogP contribution in [0.2, 0.25) is 5.02 Å². The molecule has 0 amide bonds. The predicted octanol–water partition coefficient (Wildman–Crippen LogP) is 3.28. The fraction of sp³-hybridized carbons (Fsp3) is 0.167. The van der Waals surface area contributed by atoms with Crippen molar-refractivity contribution in [3.05, 3.63) is 45.3 Å². The van der Waals surface area contributed by atoms with Gasteiger partial charge in [0, 0.05) is 10.9 Å². The SMILES string of the molecule is Cc1cc(S(=O)(=O)Nc2c(F)cc(F)cc2Cl)sc1CO. The maximum atomic E-state index is 13.6. The Morgan fingerprint density at radius 3 is 2.52 bits per heavy atom. The van der Waals surface area contributed by atoms with Crippen molar-refractivity contribution in [3.8, 4) is 0 Å². The number of anilines is 1. The number of halogens is 3. The van der Waals surface area contributed by atoms with Crippen LogP contribution in [0, 0.1) is 18.6 Å². The first-order valence-corrected chi connectivity index (χ1v) is 8.30. The maximum Gasteiger partial charge on any atom is 0.271 e. The van der Waals surface area contributed by atoms with Crippen LogP contribution in [0.25, 0.3) is 0 Å². The van der Waals surface area contributed by atoms with Crippen molar-refractivity contribution in [2.45, 2.75) is 17.7 Å². The van der Waals surface area contributed by atoms with Crippen LogP contribution in [-0.4, -0.2) is 13.5 Å². The number of aryl methyl sites for hydroxylation is 1. The van der Waals surface area contributed by atoms with E-state index in [2.05, 4.69) is 0 Å². The van der Waals surface area contributed by atoms with E-state index in [0.717, 1.165) is 17.4 Å². The first-order chi connectivity index (χ1) is 9.74. The molecule has 0 spiro atoms. The Hall–Kier alpha value is -1.22. The van der Waals surface area contributed by atoms with Crippen LogP contribution in [-0.2, 0) is 16.6 Å². The van der Waals surface area contributed by atoms with Gasteiger partial charge in [-0.3, -0.25) is 4.72 Å². The van der Waals surface area contributed by atoms with Gasteiger partial charge in [0.25, 0.3) is 10.0 Å². The zero-order chi connectivity index (χ0) is 15.8. The van der Waals surface area contributed by atoms with E-state index in [4.69, 9.17) is 16.7 Å². The molecule has 0 aliphatic rings. The fourth-order valence-electron chi connectivity index (χ4n) is 1.60. The standard InChI is InChI=1S/C12H10ClF2NO3S2/c1-6-2-11(20-10(6)5-17)21(18,19)16-12-8(13)3-7(14)4-9(12)15/h2-4,16-17H,5H2,1H3. The smallest absolute Gasteiger partial charge is 0.271 e. The molecule has 2 N–H and O–H groups in total. The van der Waals surface area contributed by atoms with Gasteiger partial charge >= 0.3 is 0 Å². The molecule has 0 aliphatic heterocycles. The monoisotopic (exact) mass is 353 g/mol. The van der Waals surface area contributed by atoms with Gasteiger partial charge in [0.05, 0.1) is 11.6 Å². The van der Waals surface area contributed by atoms with Crippen molar-refractivity contribution in [2.24, 2.45) is 0 Å². The summed E-state index contributed by atoms with van der Waals surface area (Å²) in [4.78, 5) is 0.487. The third-order valence-corrected chi connectivity index (χ3v) is 5.99. The lowest BCUT2D eigenvalue weighted by Crippen LogP contribution is -2.13. The molecule has 0 atom stereocenters. The molecule has 0 fully saturated rings. The Kier molecular flexibility index (Phi) is 4.52. The lowest BCUT2D eigenvalue weighted by atomic mass is 10.3. The molecule has 4 nitrogen and oxygen atoms in total. The quantitative estimate of drug-likeness (QED) is 0.886. The van der Waals surface area contributed by atoms with E-state index in [1.165, 1.54) is 6.07 Å². The van der Waals surface area contributed by atoms with E-state index < -0.39 is 27.3 Å². The molecule has 114 valence electrons. The lowest BCUT2D eigenvalue weighted by molar-refractivity contribution is 0.285. The number of benzene rings is 1. The minimum Gasteiger partial charge on any atom is -0.391 e. The van der Waals surface area contributed by atoms with Crippen LogP contribution in [0.15, 0.2) is 22.4 Å². The van der Waals surface area contributed by atoms with Crippen LogP contribution in [0.4, 0.5) is 14.5 Å². The number of hydrogen-bond donors (Lipinski definition) is 2. The number of hydrogen-bond acceptors (Lipinski definition) is 4. The van der Waals surface area contributed by atoms with E-state index in [1.807, 2.05) is 4.72 Å². The summed E-state index contributed by atoms with van der Waals surface area (Å²) in [6.07, 6.45) is 0. The largest absolute Gasteiger partial charge is 0.391 e. The fourth-order valence-corrected chi connectivity index (χ4v) is 4.44. The van der Waals surface area contributed by atoms with Gasteiger partial charge in [0.1, 0.15) is 15.7 Å². The van der Waals surface area contributed by atoms with E-state index in [9.17, 15) is 17.2 Å². The summed E-state index contributed by atoms with van der Waals surface area (Å²) in [5, 5.41) is 8.70. The van der Waals surface area contributed by atoms with Crippen molar-refractivity contribution in [1.82, 2.24) is 0 Å². The summed E-state index contributed by atoms with van der Waals surface area (Å²) in [6.45, 7) is 1.35. The number of nitrogens with one attached hydrogen (secondary N) is 1. The highest BCUT2D eigenvalue weighted by Crippen LogP contribution is 2.31. The zero-order valence-corrected chi connectivity index (χ0v) is 13.0. The highest BCUT2D eigenvalue weighted by atomic mass is 35.5. The summed E-state index contributed by atoms with van der Waals surface area (Å²) in [5.74, 6) is -2.02. The van der Waals surface area contributed by atoms with Crippen LogP contribution in [0.3, 0.4) is 0 Å². The summed E-state index contributed by atoms with van der Waals surface area (Å²) >= 11 is 6.51. The van der Waals surface area contributed by atoms with Gasteiger partial charge in [0.2, 0.25) is 0 Å². The van der Waals surface area contributed by atoms with Gasteiger partial charge in [-0.05, 0) is 24.6 Å². The van der Waals surface area contributed by atoms with Crippen molar-refractivity contribution < 1.29 is 22.3 Å². The number of aliphatic hydroxyl groups is 1. The van der Waals surface area contributed by atoms with E-state index in [0.29, 0.717) is 16.5 Å². The molecule has 1 aromatic carbocycles. The molecule has 0 bridgehead atoms. The molecule has 21 heavy (non-hydrogen) atoms. The van der Waals surface area contributed by atoms with Gasteiger partial charge < -0.3 is 5.11 Å². The van der Waals surface area contributed by atoms with Gasteiger partial charge in [-0.2, -0.15) is 0 Å². The molecule has 1 heterocycles. The van der Waals surface area contributed by atoms with Gasteiger partial charge in [-0.15, -0.1) is 11.3 Å². The van der Waals surface area contributed by atoms with Gasteiger partial charge in [-0.1, -0.05) is 11.6 Å². The highest BCUT2D eigenvalue weighted by Gasteiger charge is 2.22. The number of sulfonamides is 1. The van der Waals surface area contributed by atoms with Crippen LogP contribution < -0.4 is 4.72 Å². The Balaban J connectivity index is 2.42. The van der Waals surface area contributed by atoms with E-state index in [1.54, 1.807) is 6.92 Å². The highest BCUT2D eigenvalue weighted by molar-refractivity contribution is 7.94. The average Bonchev–Trinajstić information content (AvgIpc) is 2.76. The van der Waals surface area contributed by atoms with Crippen LogP contribution in [0.1, 0.15) is 10.4 Å². The number of aliphatic hydroxyl groups excluding tert-OH is 1. The third kappa shape index (κ3) is 3.34. The molecule has 0 radical (unpaired) electrons.